The second-order valence-electron chi connectivity index (χ2n) is 8.66. The van der Waals surface area contributed by atoms with E-state index in [-0.39, 0.29) is 5.78 Å². The number of likely N-dealkylation sites (tertiary alicyclic amines) is 1. The number of aromatic nitrogens is 6. The molecular weight excluding hydrogens is 416 g/mol. The lowest BCUT2D eigenvalue weighted by Gasteiger charge is -2.39. The number of carbonyl (C=O) groups is 1. The van der Waals surface area contributed by atoms with Crippen LogP contribution in [0.2, 0.25) is 0 Å². The van der Waals surface area contributed by atoms with E-state index in [1.165, 1.54) is 5.56 Å². The number of fused-ring (bicyclic) bond motifs is 1. The van der Waals surface area contributed by atoms with Crippen molar-refractivity contribution in [2.24, 2.45) is 0 Å². The third-order valence-electron chi connectivity index (χ3n) is 6.24. The zero-order valence-electron chi connectivity index (χ0n) is 19.2. The molecule has 9 heteroatoms. The highest BCUT2D eigenvalue weighted by atomic mass is 16.1. The monoisotopic (exact) mass is 444 g/mol. The number of rotatable bonds is 8. The average molecular weight is 445 g/mol. The van der Waals surface area contributed by atoms with Gasteiger partial charge in [-0.15, -0.1) is 15.3 Å². The summed E-state index contributed by atoms with van der Waals surface area (Å²) in [6, 6.07) is 14.6. The second kappa shape index (κ2) is 8.84. The van der Waals surface area contributed by atoms with Gasteiger partial charge in [-0.3, -0.25) is 9.69 Å². The summed E-state index contributed by atoms with van der Waals surface area (Å²) in [6.45, 7) is 9.24. The molecule has 1 aromatic carbocycles. The Morgan fingerprint density at radius 2 is 1.82 bits per heavy atom. The number of aryl methyl sites for hydroxylation is 2. The summed E-state index contributed by atoms with van der Waals surface area (Å²) >= 11 is 0. The summed E-state index contributed by atoms with van der Waals surface area (Å²) < 4.78 is 3.41. The Labute approximate surface area is 192 Å². The molecule has 0 bridgehead atoms. The lowest BCUT2D eigenvalue weighted by atomic mass is 10.0. The van der Waals surface area contributed by atoms with Gasteiger partial charge >= 0.3 is 0 Å². The highest BCUT2D eigenvalue weighted by Crippen LogP contribution is 2.20. The fourth-order valence-electron chi connectivity index (χ4n) is 4.39. The van der Waals surface area contributed by atoms with E-state index in [1.807, 2.05) is 39.0 Å². The maximum Gasteiger partial charge on any atom is 0.178 e. The first-order valence-electron chi connectivity index (χ1n) is 11.3. The number of carbonyl (C=O) groups excluding carboxylic acids is 1. The van der Waals surface area contributed by atoms with Crippen molar-refractivity contribution in [1.29, 1.82) is 0 Å². The number of nitrogens with zero attached hydrogens (tertiary/aromatic N) is 7. The first-order chi connectivity index (χ1) is 16.0. The van der Waals surface area contributed by atoms with Gasteiger partial charge in [0.2, 0.25) is 0 Å². The molecule has 1 fully saturated rings. The number of benzene rings is 1. The van der Waals surface area contributed by atoms with Crippen molar-refractivity contribution in [3.8, 4) is 5.82 Å². The number of nitrogens with one attached hydrogen (secondary N) is 1. The molecule has 0 atom stereocenters. The van der Waals surface area contributed by atoms with Crippen molar-refractivity contribution in [3.63, 3.8) is 0 Å². The quantitative estimate of drug-likeness (QED) is 0.417. The zero-order chi connectivity index (χ0) is 22.9. The maximum absolute atomic E-state index is 13.1. The number of hydrogen-bond acceptors (Lipinski definition) is 7. The Bertz CT molecular complexity index is 1290. The van der Waals surface area contributed by atoms with Gasteiger partial charge in [0.15, 0.2) is 23.1 Å². The van der Waals surface area contributed by atoms with Gasteiger partial charge < -0.3 is 5.32 Å². The molecule has 0 unspecified atom stereocenters. The molecule has 5 rings (SSSR count). The molecule has 0 amide bonds. The van der Waals surface area contributed by atoms with Crippen LogP contribution in [0, 0.1) is 20.8 Å². The standard InChI is InChI=1S/C24H28N8O/c1-16-24(17(2)31(28-16)23-10-9-22-27-26-18(3)32(22)29-23)21(33)11-12-30-14-20(15-30)25-13-19-7-5-4-6-8-19/h4-10,20,25H,11-15H2,1-3H3. The Morgan fingerprint density at radius 3 is 2.61 bits per heavy atom. The first-order valence-corrected chi connectivity index (χ1v) is 11.3. The van der Waals surface area contributed by atoms with Crippen molar-refractivity contribution in [2.45, 2.75) is 39.8 Å². The highest BCUT2D eigenvalue weighted by molar-refractivity contribution is 5.98. The Hall–Kier alpha value is -3.43. The van der Waals surface area contributed by atoms with Gasteiger partial charge in [-0.2, -0.15) is 9.61 Å². The van der Waals surface area contributed by atoms with E-state index in [9.17, 15) is 4.79 Å². The van der Waals surface area contributed by atoms with Crippen molar-refractivity contribution in [2.75, 3.05) is 19.6 Å². The number of hydrogen-bond donors (Lipinski definition) is 1. The highest BCUT2D eigenvalue weighted by Gasteiger charge is 2.27. The fraction of sp³-hybridized carbons (Fsp3) is 0.375. The minimum Gasteiger partial charge on any atom is -0.307 e. The van der Waals surface area contributed by atoms with Crippen LogP contribution >= 0.6 is 0 Å². The van der Waals surface area contributed by atoms with Gasteiger partial charge in [0, 0.05) is 38.6 Å². The zero-order valence-corrected chi connectivity index (χ0v) is 19.2. The first kappa shape index (κ1) is 21.4. The molecule has 9 nitrogen and oxygen atoms in total. The van der Waals surface area contributed by atoms with E-state index in [1.54, 1.807) is 9.20 Å². The van der Waals surface area contributed by atoms with Crippen LogP contribution < -0.4 is 5.32 Å². The smallest absolute Gasteiger partial charge is 0.178 e. The van der Waals surface area contributed by atoms with Crippen LogP contribution in [0.5, 0.6) is 0 Å². The summed E-state index contributed by atoms with van der Waals surface area (Å²) in [5.41, 5.74) is 4.20. The topological polar surface area (TPSA) is 93.2 Å². The Balaban J connectivity index is 1.18. The van der Waals surface area contributed by atoms with E-state index in [0.717, 1.165) is 37.6 Å². The summed E-state index contributed by atoms with van der Waals surface area (Å²) in [7, 11) is 0. The summed E-state index contributed by atoms with van der Waals surface area (Å²) in [5, 5.41) is 20.9. The second-order valence-corrected chi connectivity index (χ2v) is 8.66. The largest absolute Gasteiger partial charge is 0.307 e. The SMILES string of the molecule is Cc1nn(-c2ccc3nnc(C)n3n2)c(C)c1C(=O)CCN1CC(NCc2ccccc2)C1. The van der Waals surface area contributed by atoms with E-state index in [4.69, 9.17) is 0 Å². The van der Waals surface area contributed by atoms with Gasteiger partial charge in [0.05, 0.1) is 17.0 Å². The third-order valence-corrected chi connectivity index (χ3v) is 6.24. The molecule has 3 aromatic heterocycles. The molecule has 170 valence electrons. The van der Waals surface area contributed by atoms with Gasteiger partial charge in [0.1, 0.15) is 0 Å². The van der Waals surface area contributed by atoms with Crippen LogP contribution in [0.15, 0.2) is 42.5 Å². The molecule has 0 saturated carbocycles. The molecule has 4 heterocycles. The van der Waals surface area contributed by atoms with E-state index in [2.05, 4.69) is 54.9 Å². The molecule has 1 aliphatic rings. The van der Waals surface area contributed by atoms with Crippen LogP contribution in [-0.4, -0.2) is 66.0 Å². The van der Waals surface area contributed by atoms with Crippen LogP contribution in [0.4, 0.5) is 0 Å². The fourth-order valence-corrected chi connectivity index (χ4v) is 4.39. The third kappa shape index (κ3) is 4.29. The van der Waals surface area contributed by atoms with Gasteiger partial charge in [-0.05, 0) is 38.5 Å². The molecule has 0 spiro atoms. The van der Waals surface area contributed by atoms with Gasteiger partial charge in [0.25, 0.3) is 0 Å². The maximum atomic E-state index is 13.1. The van der Waals surface area contributed by atoms with Crippen LogP contribution in [0.1, 0.15) is 39.6 Å². The van der Waals surface area contributed by atoms with E-state index in [0.29, 0.717) is 35.3 Å². The molecule has 0 aliphatic carbocycles. The molecule has 33 heavy (non-hydrogen) atoms. The molecule has 4 aromatic rings. The molecular formula is C24H28N8O. The van der Waals surface area contributed by atoms with Crippen molar-refractivity contribution >= 4 is 11.4 Å². The van der Waals surface area contributed by atoms with Crippen LogP contribution in [0.25, 0.3) is 11.5 Å². The van der Waals surface area contributed by atoms with Crippen molar-refractivity contribution in [1.82, 2.24) is 39.8 Å². The predicted molar refractivity (Wildman–Crippen MR) is 125 cm³/mol. The van der Waals surface area contributed by atoms with Crippen molar-refractivity contribution < 1.29 is 4.79 Å². The normalized spacial score (nSPS) is 14.6. The molecule has 1 aliphatic heterocycles. The summed E-state index contributed by atoms with van der Waals surface area (Å²) in [6.07, 6.45) is 0.482. The van der Waals surface area contributed by atoms with E-state index < -0.39 is 0 Å². The molecule has 1 saturated heterocycles. The summed E-state index contributed by atoms with van der Waals surface area (Å²) in [4.78, 5) is 15.4. The van der Waals surface area contributed by atoms with Gasteiger partial charge in [-0.1, -0.05) is 30.3 Å². The summed E-state index contributed by atoms with van der Waals surface area (Å²) in [5.74, 6) is 1.47. The Morgan fingerprint density at radius 1 is 1.03 bits per heavy atom. The minimum absolute atomic E-state index is 0.124. The number of ketones is 1. The molecule has 1 N–H and O–H groups in total. The van der Waals surface area contributed by atoms with E-state index >= 15 is 0 Å². The average Bonchev–Trinajstić information content (AvgIpc) is 3.31. The lowest BCUT2D eigenvalue weighted by Crippen LogP contribution is -2.57. The lowest BCUT2D eigenvalue weighted by molar-refractivity contribution is 0.0895. The van der Waals surface area contributed by atoms with Crippen LogP contribution in [-0.2, 0) is 6.54 Å². The predicted octanol–water partition coefficient (Wildman–Crippen LogP) is 2.28. The van der Waals surface area contributed by atoms with Crippen molar-refractivity contribution in [3.05, 3.63) is 70.8 Å². The van der Waals surface area contributed by atoms with Gasteiger partial charge in [-0.25, -0.2) is 4.68 Å². The number of Topliss-reactive ketones (excluding diaryl/α,β-unsaturated/α-hetero) is 1. The van der Waals surface area contributed by atoms with Crippen LogP contribution in [0.3, 0.4) is 0 Å². The minimum atomic E-state index is 0.124. The molecule has 0 radical (unpaired) electrons. The Kier molecular flexibility index (Phi) is 5.74.